The number of Topliss-reactive ketones (excluding diaryl/α,β-unsaturated/α-hetero) is 1. The zero-order valence-corrected chi connectivity index (χ0v) is 19.6. The fraction of sp³-hybridized carbons (Fsp3) is 0.222. The lowest BCUT2D eigenvalue weighted by atomic mass is 9.85. The van der Waals surface area contributed by atoms with Gasteiger partial charge in [0.1, 0.15) is 5.75 Å². The summed E-state index contributed by atoms with van der Waals surface area (Å²) < 4.78 is 5.37. The van der Waals surface area contributed by atoms with E-state index in [0.29, 0.717) is 21.8 Å². The molecule has 0 saturated heterocycles. The van der Waals surface area contributed by atoms with Crippen LogP contribution >= 0.6 is 11.6 Å². The number of carbonyl (C=O) groups is 2. The van der Waals surface area contributed by atoms with Crippen molar-refractivity contribution < 1.29 is 14.3 Å². The van der Waals surface area contributed by atoms with Crippen molar-refractivity contribution in [2.45, 2.75) is 32.2 Å². The molecule has 5 nitrogen and oxygen atoms in total. The maximum atomic E-state index is 13.1. The highest BCUT2D eigenvalue weighted by Gasteiger charge is 2.28. The molecule has 0 radical (unpaired) electrons. The summed E-state index contributed by atoms with van der Waals surface area (Å²) in [5, 5.41) is 3.40. The number of fused-ring (bicyclic) bond motifs is 1. The first-order chi connectivity index (χ1) is 15.7. The van der Waals surface area contributed by atoms with Crippen LogP contribution in [0.5, 0.6) is 5.75 Å². The van der Waals surface area contributed by atoms with Crippen LogP contribution in [-0.4, -0.2) is 30.1 Å². The SMILES string of the molecule is COc1ccc2c(c1)C(CC(=O)c1ccc(NC(=O)c3ccc(Cl)cc3)cc1)=NC(C)(C)C2. The number of nitrogens with one attached hydrogen (secondary N) is 1. The van der Waals surface area contributed by atoms with Gasteiger partial charge in [0.25, 0.3) is 5.91 Å². The van der Waals surface area contributed by atoms with E-state index >= 15 is 0 Å². The van der Waals surface area contributed by atoms with Crippen LogP contribution in [0.15, 0.2) is 71.7 Å². The van der Waals surface area contributed by atoms with E-state index in [-0.39, 0.29) is 23.7 Å². The summed E-state index contributed by atoms with van der Waals surface area (Å²) in [6, 6.07) is 19.5. The quantitative estimate of drug-likeness (QED) is 0.459. The van der Waals surface area contributed by atoms with Crippen LogP contribution in [0.3, 0.4) is 0 Å². The van der Waals surface area contributed by atoms with Gasteiger partial charge in [-0.15, -0.1) is 0 Å². The Morgan fingerprint density at radius 2 is 1.67 bits per heavy atom. The van der Waals surface area contributed by atoms with Crippen molar-refractivity contribution in [2.24, 2.45) is 4.99 Å². The van der Waals surface area contributed by atoms with Crippen LogP contribution in [-0.2, 0) is 6.42 Å². The average Bonchev–Trinajstić information content (AvgIpc) is 2.79. The molecule has 0 unspecified atom stereocenters. The summed E-state index contributed by atoms with van der Waals surface area (Å²) in [7, 11) is 1.63. The standard InChI is InChI=1S/C27H25ClN2O3/c1-27(2)16-19-8-13-22(33-3)14-23(19)24(30-27)15-25(31)17-6-11-21(12-7-17)29-26(32)18-4-9-20(28)10-5-18/h4-14H,15-16H2,1-3H3,(H,29,32). The highest BCUT2D eigenvalue weighted by atomic mass is 35.5. The monoisotopic (exact) mass is 460 g/mol. The van der Waals surface area contributed by atoms with Gasteiger partial charge in [0.05, 0.1) is 24.8 Å². The van der Waals surface area contributed by atoms with Crippen LogP contribution in [0.2, 0.25) is 5.02 Å². The third-order valence-corrected chi connectivity index (χ3v) is 5.84. The van der Waals surface area contributed by atoms with E-state index in [1.165, 1.54) is 5.56 Å². The molecule has 1 heterocycles. The highest BCUT2D eigenvalue weighted by Crippen LogP contribution is 2.31. The van der Waals surface area contributed by atoms with Crippen LogP contribution in [0, 0.1) is 0 Å². The van der Waals surface area contributed by atoms with Crippen molar-refractivity contribution in [3.63, 3.8) is 0 Å². The van der Waals surface area contributed by atoms with Crippen molar-refractivity contribution in [3.05, 3.63) is 94.0 Å². The fourth-order valence-electron chi connectivity index (χ4n) is 3.97. The lowest BCUT2D eigenvalue weighted by Gasteiger charge is -2.29. The molecule has 0 saturated carbocycles. The average molecular weight is 461 g/mol. The van der Waals surface area contributed by atoms with Crippen molar-refractivity contribution in [1.29, 1.82) is 0 Å². The summed E-state index contributed by atoms with van der Waals surface area (Å²) in [6.07, 6.45) is 1.01. The zero-order valence-electron chi connectivity index (χ0n) is 18.8. The van der Waals surface area contributed by atoms with Gasteiger partial charge in [-0.05, 0) is 86.5 Å². The van der Waals surface area contributed by atoms with Crippen molar-refractivity contribution in [2.75, 3.05) is 12.4 Å². The first-order valence-electron chi connectivity index (χ1n) is 10.7. The second kappa shape index (κ2) is 9.20. The summed E-state index contributed by atoms with van der Waals surface area (Å²) >= 11 is 5.87. The van der Waals surface area contributed by atoms with E-state index in [4.69, 9.17) is 21.3 Å². The van der Waals surface area contributed by atoms with Crippen LogP contribution in [0.25, 0.3) is 0 Å². The Bertz CT molecular complexity index is 1230. The Hall–Kier alpha value is -3.44. The van der Waals surface area contributed by atoms with Crippen LogP contribution in [0.4, 0.5) is 5.69 Å². The summed E-state index contributed by atoms with van der Waals surface area (Å²) in [5.74, 6) is 0.472. The van der Waals surface area contributed by atoms with Gasteiger partial charge in [0.2, 0.25) is 0 Å². The lowest BCUT2D eigenvalue weighted by molar-refractivity contribution is 0.0998. The first-order valence-corrected chi connectivity index (χ1v) is 11.1. The van der Waals surface area contributed by atoms with Crippen molar-refractivity contribution in [1.82, 2.24) is 0 Å². The van der Waals surface area contributed by atoms with Crippen LogP contribution < -0.4 is 10.1 Å². The van der Waals surface area contributed by atoms with E-state index < -0.39 is 0 Å². The van der Waals surface area contributed by atoms with Gasteiger partial charge in [-0.3, -0.25) is 14.6 Å². The molecular weight excluding hydrogens is 436 g/mol. The molecule has 33 heavy (non-hydrogen) atoms. The zero-order chi connectivity index (χ0) is 23.6. The second-order valence-corrected chi connectivity index (χ2v) is 9.15. The maximum Gasteiger partial charge on any atom is 0.255 e. The molecule has 1 aliphatic heterocycles. The second-order valence-electron chi connectivity index (χ2n) is 8.71. The number of anilines is 1. The van der Waals surface area contributed by atoms with Gasteiger partial charge in [-0.25, -0.2) is 0 Å². The molecule has 4 rings (SSSR count). The third-order valence-electron chi connectivity index (χ3n) is 5.59. The number of methoxy groups -OCH3 is 1. The van der Waals surface area contributed by atoms with E-state index in [9.17, 15) is 9.59 Å². The number of hydrogen-bond acceptors (Lipinski definition) is 4. The fourth-order valence-corrected chi connectivity index (χ4v) is 4.10. The molecular formula is C27H25ClN2O3. The van der Waals surface area contributed by atoms with Crippen LogP contribution in [0.1, 0.15) is 52.1 Å². The molecule has 1 N–H and O–H groups in total. The summed E-state index contributed by atoms with van der Waals surface area (Å²) in [4.78, 5) is 30.3. The Labute approximate surface area is 198 Å². The van der Waals surface area contributed by atoms with E-state index in [1.54, 1.807) is 55.6 Å². The van der Waals surface area contributed by atoms with Gasteiger partial charge in [0, 0.05) is 27.4 Å². The Kier molecular flexibility index (Phi) is 6.34. The third kappa shape index (κ3) is 5.32. The minimum atomic E-state index is -0.271. The smallest absolute Gasteiger partial charge is 0.255 e. The number of aliphatic imine (C=N–C) groups is 1. The molecule has 0 bridgehead atoms. The lowest BCUT2D eigenvalue weighted by Crippen LogP contribution is -2.30. The molecule has 6 heteroatoms. The molecule has 0 fully saturated rings. The molecule has 3 aromatic rings. The maximum absolute atomic E-state index is 13.1. The number of carbonyl (C=O) groups excluding carboxylic acids is 2. The van der Waals surface area contributed by atoms with E-state index in [1.807, 2.05) is 18.2 Å². The van der Waals surface area contributed by atoms with Gasteiger partial charge in [-0.1, -0.05) is 17.7 Å². The van der Waals surface area contributed by atoms with E-state index in [2.05, 4.69) is 19.2 Å². The van der Waals surface area contributed by atoms with Crippen molar-refractivity contribution >= 4 is 34.7 Å². The van der Waals surface area contributed by atoms with Crippen molar-refractivity contribution in [3.8, 4) is 5.75 Å². The minimum Gasteiger partial charge on any atom is -0.497 e. The number of hydrogen-bond donors (Lipinski definition) is 1. The summed E-state index contributed by atoms with van der Waals surface area (Å²) in [5.41, 5.74) is 4.31. The van der Waals surface area contributed by atoms with E-state index in [0.717, 1.165) is 23.4 Å². The number of ether oxygens (including phenoxy) is 1. The molecule has 0 spiro atoms. The molecule has 0 aliphatic carbocycles. The number of rotatable bonds is 6. The molecule has 0 aromatic heterocycles. The van der Waals surface area contributed by atoms with Gasteiger partial charge >= 0.3 is 0 Å². The molecule has 3 aromatic carbocycles. The Balaban J connectivity index is 1.49. The minimum absolute atomic E-state index is 0.0317. The summed E-state index contributed by atoms with van der Waals surface area (Å²) in [6.45, 7) is 4.14. The topological polar surface area (TPSA) is 67.8 Å². The number of amides is 1. The Morgan fingerprint density at radius 1 is 1.00 bits per heavy atom. The Morgan fingerprint density at radius 3 is 2.33 bits per heavy atom. The number of halogens is 1. The normalized spacial score (nSPS) is 14.1. The number of ketones is 1. The van der Waals surface area contributed by atoms with Gasteiger partial charge in [-0.2, -0.15) is 0 Å². The molecule has 0 atom stereocenters. The van der Waals surface area contributed by atoms with Gasteiger partial charge in [0.15, 0.2) is 5.78 Å². The number of benzene rings is 3. The molecule has 168 valence electrons. The molecule has 1 aliphatic rings. The predicted molar refractivity (Wildman–Crippen MR) is 132 cm³/mol. The number of nitrogens with zero attached hydrogens (tertiary/aromatic N) is 1. The predicted octanol–water partition coefficient (Wildman–Crippen LogP) is 6.00. The first kappa shape index (κ1) is 22.7. The molecule has 1 amide bonds. The van der Waals surface area contributed by atoms with Gasteiger partial charge < -0.3 is 10.1 Å². The highest BCUT2D eigenvalue weighted by molar-refractivity contribution is 6.30. The largest absolute Gasteiger partial charge is 0.497 e.